The van der Waals surface area contributed by atoms with E-state index in [1.165, 1.54) is 16.6 Å². The fourth-order valence-electron chi connectivity index (χ4n) is 3.77. The number of nitrogens with zero attached hydrogens (tertiary/aromatic N) is 4. The molecule has 0 bridgehead atoms. The van der Waals surface area contributed by atoms with Crippen LogP contribution in [0.3, 0.4) is 0 Å². The maximum atomic E-state index is 14.0. The van der Waals surface area contributed by atoms with Crippen molar-refractivity contribution in [1.29, 1.82) is 0 Å². The lowest BCUT2D eigenvalue weighted by Gasteiger charge is -2.27. The third kappa shape index (κ3) is 4.23. The molecule has 0 fully saturated rings. The number of halogens is 5. The maximum Gasteiger partial charge on any atom is 0.419 e. The number of hydrogen-bond donors (Lipinski definition) is 2. The van der Waals surface area contributed by atoms with Gasteiger partial charge in [0.25, 0.3) is 5.91 Å². The van der Waals surface area contributed by atoms with Gasteiger partial charge in [-0.3, -0.25) is 14.3 Å². The van der Waals surface area contributed by atoms with Gasteiger partial charge < -0.3 is 15.3 Å². The molecule has 1 aromatic carbocycles. The number of anilines is 1. The number of amides is 3. The van der Waals surface area contributed by atoms with Crippen LogP contribution in [0.4, 0.5) is 32.4 Å². The number of hydrogen-bond acceptors (Lipinski definition) is 5. The maximum absolute atomic E-state index is 14.0. The molecule has 0 aliphatic carbocycles. The monoisotopic (exact) mass is 475 g/mol. The number of rotatable bonds is 2. The van der Waals surface area contributed by atoms with Crippen LogP contribution < -0.4 is 5.32 Å². The second-order valence-electron chi connectivity index (χ2n) is 7.58. The summed E-state index contributed by atoms with van der Waals surface area (Å²) in [5.74, 6) is -3.72. The average molecular weight is 475 g/mol. The average Bonchev–Trinajstić information content (AvgIpc) is 3.04. The number of fused-ring (bicyclic) bond motifs is 3. The Morgan fingerprint density at radius 2 is 2.03 bits per heavy atom. The molecule has 2 N–H and O–H groups in total. The Labute approximate surface area is 183 Å². The van der Waals surface area contributed by atoms with Crippen LogP contribution in [0.2, 0.25) is 0 Å². The third-order valence-electron chi connectivity index (χ3n) is 5.37. The first-order chi connectivity index (χ1) is 15.5. The van der Waals surface area contributed by atoms with E-state index in [0.717, 1.165) is 5.06 Å². The van der Waals surface area contributed by atoms with Crippen LogP contribution in [0, 0.1) is 11.6 Å². The van der Waals surface area contributed by atoms with Crippen molar-refractivity contribution >= 4 is 17.6 Å². The number of alkyl halides is 3. The van der Waals surface area contributed by atoms with E-state index in [4.69, 9.17) is 4.84 Å². The highest BCUT2D eigenvalue weighted by atomic mass is 19.4. The number of carbonyl (C=O) groups is 2. The minimum absolute atomic E-state index is 0.0520. The molecular weight excluding hydrogens is 457 g/mol. The summed E-state index contributed by atoms with van der Waals surface area (Å²) >= 11 is 0. The molecule has 3 amide bonds. The van der Waals surface area contributed by atoms with E-state index in [-0.39, 0.29) is 50.5 Å². The second kappa shape index (κ2) is 8.26. The molecule has 0 saturated heterocycles. The van der Waals surface area contributed by atoms with Gasteiger partial charge in [-0.25, -0.2) is 18.6 Å². The van der Waals surface area contributed by atoms with Crippen LogP contribution in [0.25, 0.3) is 0 Å². The van der Waals surface area contributed by atoms with Gasteiger partial charge in [-0.2, -0.15) is 18.3 Å². The van der Waals surface area contributed by atoms with Crippen LogP contribution in [0.15, 0.2) is 12.1 Å². The largest absolute Gasteiger partial charge is 0.419 e. The van der Waals surface area contributed by atoms with Crippen LogP contribution in [-0.2, 0) is 30.5 Å². The minimum Gasteiger partial charge on any atom is -0.393 e. The molecule has 0 radical (unpaired) electrons. The zero-order chi connectivity index (χ0) is 24.1. The number of aliphatic hydroxyl groups excluding tert-OH is 1. The van der Waals surface area contributed by atoms with E-state index in [1.807, 2.05) is 5.32 Å². The molecule has 1 atom stereocenters. The standard InChI is InChI=1S/C19H18F5N5O4/c1-27-17(31)16-10-7-28(3-2-14(10)26-29(16)6-9(8-30)33-27)18(32)25-15-4-11(19(22,23)24)12(20)5-13(15)21/h4-5,9,30H,2-3,6-8H2,1H3,(H,25,32)/t9-/m0/s1. The first kappa shape index (κ1) is 22.9. The number of aliphatic hydroxyl groups is 1. The number of aromatic nitrogens is 2. The predicted octanol–water partition coefficient (Wildman–Crippen LogP) is 2.15. The Balaban J connectivity index is 1.59. The summed E-state index contributed by atoms with van der Waals surface area (Å²) in [5.41, 5.74) is -1.45. The smallest absolute Gasteiger partial charge is 0.393 e. The molecule has 9 nitrogen and oxygen atoms in total. The molecule has 0 spiro atoms. The lowest BCUT2D eigenvalue weighted by molar-refractivity contribution is -0.159. The van der Waals surface area contributed by atoms with Gasteiger partial charge in [0, 0.05) is 31.6 Å². The fraction of sp³-hybridized carbons (Fsp3) is 0.421. The molecule has 14 heteroatoms. The van der Waals surface area contributed by atoms with E-state index >= 15 is 0 Å². The quantitative estimate of drug-likeness (QED) is 0.649. The molecule has 0 unspecified atom stereocenters. The van der Waals surface area contributed by atoms with Gasteiger partial charge in [-0.05, 0) is 6.07 Å². The molecule has 2 aromatic rings. The molecule has 2 aliphatic rings. The Kier molecular flexibility index (Phi) is 5.74. The molecule has 1 aromatic heterocycles. The first-order valence-electron chi connectivity index (χ1n) is 9.76. The summed E-state index contributed by atoms with van der Waals surface area (Å²) in [7, 11) is 1.36. The zero-order valence-electron chi connectivity index (χ0n) is 17.1. The summed E-state index contributed by atoms with van der Waals surface area (Å²) in [6, 6.07) is -0.691. The van der Waals surface area contributed by atoms with E-state index in [9.17, 15) is 36.6 Å². The van der Waals surface area contributed by atoms with Crippen molar-refractivity contribution in [3.05, 3.63) is 46.3 Å². The summed E-state index contributed by atoms with van der Waals surface area (Å²) < 4.78 is 67.7. The summed E-state index contributed by atoms with van der Waals surface area (Å²) in [4.78, 5) is 31.9. The van der Waals surface area contributed by atoms with Gasteiger partial charge in [0.1, 0.15) is 23.4 Å². The number of hydroxylamine groups is 2. The van der Waals surface area contributed by atoms with Gasteiger partial charge in [0.05, 0.1) is 36.6 Å². The third-order valence-corrected chi connectivity index (χ3v) is 5.37. The van der Waals surface area contributed by atoms with Crippen LogP contribution in [0.5, 0.6) is 0 Å². The zero-order valence-corrected chi connectivity index (χ0v) is 17.1. The SMILES string of the molecule is CN1O[C@H](CO)Cn2nc3c(c2C1=O)CN(C(=O)Nc1cc(C(F)(F)F)c(F)cc1F)CC3. The van der Waals surface area contributed by atoms with E-state index in [2.05, 4.69) is 5.10 Å². The van der Waals surface area contributed by atoms with E-state index in [0.29, 0.717) is 11.3 Å². The minimum atomic E-state index is -5.08. The normalized spacial score (nSPS) is 18.6. The molecule has 4 rings (SSSR count). The number of urea groups is 1. The van der Waals surface area contributed by atoms with Crippen molar-refractivity contribution in [3.8, 4) is 0 Å². The van der Waals surface area contributed by atoms with Crippen molar-refractivity contribution in [2.45, 2.75) is 31.8 Å². The van der Waals surface area contributed by atoms with Gasteiger partial charge in [0.2, 0.25) is 0 Å². The van der Waals surface area contributed by atoms with Crippen molar-refractivity contribution in [1.82, 2.24) is 19.7 Å². The topological polar surface area (TPSA) is 99.9 Å². The van der Waals surface area contributed by atoms with Gasteiger partial charge >= 0.3 is 12.2 Å². The molecular formula is C19H18F5N5O4. The summed E-state index contributed by atoms with van der Waals surface area (Å²) in [5, 5.41) is 16.8. The first-order valence-corrected chi connectivity index (χ1v) is 9.76. The molecule has 2 aliphatic heterocycles. The van der Waals surface area contributed by atoms with E-state index < -0.39 is 47.1 Å². The Hall–Kier alpha value is -3.26. The lowest BCUT2D eigenvalue weighted by Crippen LogP contribution is -2.40. The predicted molar refractivity (Wildman–Crippen MR) is 101 cm³/mol. The van der Waals surface area contributed by atoms with Crippen molar-refractivity contribution in [2.75, 3.05) is 25.5 Å². The van der Waals surface area contributed by atoms with Gasteiger partial charge in [-0.1, -0.05) is 0 Å². The highest BCUT2D eigenvalue weighted by molar-refractivity contribution is 5.94. The summed E-state index contributed by atoms with van der Waals surface area (Å²) in [6.07, 6.45) is -5.57. The summed E-state index contributed by atoms with van der Waals surface area (Å²) in [6.45, 7) is -0.315. The van der Waals surface area contributed by atoms with Crippen LogP contribution >= 0.6 is 0 Å². The molecule has 33 heavy (non-hydrogen) atoms. The highest BCUT2D eigenvalue weighted by Gasteiger charge is 2.37. The number of nitrogens with one attached hydrogen (secondary N) is 1. The van der Waals surface area contributed by atoms with Gasteiger partial charge in [-0.15, -0.1) is 0 Å². The van der Waals surface area contributed by atoms with Crippen molar-refractivity contribution in [2.24, 2.45) is 0 Å². The lowest BCUT2D eigenvalue weighted by atomic mass is 10.0. The molecule has 3 heterocycles. The Bertz CT molecular complexity index is 1120. The Morgan fingerprint density at radius 1 is 1.30 bits per heavy atom. The number of benzene rings is 1. The fourth-order valence-corrected chi connectivity index (χ4v) is 3.77. The molecule has 0 saturated carbocycles. The number of carbonyl (C=O) groups excluding carboxylic acids is 2. The second-order valence-corrected chi connectivity index (χ2v) is 7.58. The Morgan fingerprint density at radius 3 is 2.70 bits per heavy atom. The van der Waals surface area contributed by atoms with E-state index in [1.54, 1.807) is 0 Å². The van der Waals surface area contributed by atoms with Crippen LogP contribution in [-0.4, -0.2) is 63.1 Å². The molecule has 178 valence electrons. The van der Waals surface area contributed by atoms with Crippen molar-refractivity contribution in [3.63, 3.8) is 0 Å². The highest BCUT2D eigenvalue weighted by Crippen LogP contribution is 2.34. The van der Waals surface area contributed by atoms with Crippen molar-refractivity contribution < 1.29 is 41.5 Å². The van der Waals surface area contributed by atoms with Crippen LogP contribution in [0.1, 0.15) is 27.3 Å². The van der Waals surface area contributed by atoms with Gasteiger partial charge in [0.15, 0.2) is 0 Å².